The molecule has 1 aliphatic heterocycles. The number of aromatic nitrogens is 2. The van der Waals surface area contributed by atoms with Crippen molar-refractivity contribution in [3.8, 4) is 0 Å². The lowest BCUT2D eigenvalue weighted by molar-refractivity contribution is -0.122. The molecule has 0 saturated carbocycles. The van der Waals surface area contributed by atoms with Crippen LogP contribution in [0.1, 0.15) is 18.9 Å². The Morgan fingerprint density at radius 1 is 1.41 bits per heavy atom. The molecule has 1 saturated heterocycles. The van der Waals surface area contributed by atoms with E-state index in [4.69, 9.17) is 11.6 Å². The zero-order valence-corrected chi connectivity index (χ0v) is 15.7. The van der Waals surface area contributed by atoms with Gasteiger partial charge in [-0.3, -0.25) is 19.8 Å². The van der Waals surface area contributed by atoms with Crippen LogP contribution in [0.25, 0.3) is 11.0 Å². The van der Waals surface area contributed by atoms with Crippen molar-refractivity contribution in [1.82, 2.24) is 15.3 Å². The van der Waals surface area contributed by atoms with Crippen molar-refractivity contribution in [3.63, 3.8) is 0 Å². The number of aliphatic imine (C=N–C) groups is 1. The maximum Gasteiger partial charge on any atom is 0.267 e. The zero-order chi connectivity index (χ0) is 19.6. The number of halogens is 3. The first-order valence-electron chi connectivity index (χ1n) is 8.54. The fourth-order valence-corrected chi connectivity index (χ4v) is 3.32. The second kappa shape index (κ2) is 7.72. The van der Waals surface area contributed by atoms with E-state index in [-0.39, 0.29) is 6.54 Å². The second-order valence-electron chi connectivity index (χ2n) is 6.58. The summed E-state index contributed by atoms with van der Waals surface area (Å²) in [7, 11) is 1.65. The van der Waals surface area contributed by atoms with E-state index in [1.807, 2.05) is 0 Å². The van der Waals surface area contributed by atoms with Crippen LogP contribution >= 0.6 is 11.6 Å². The highest BCUT2D eigenvalue weighted by Crippen LogP contribution is 2.33. The molecule has 2 aromatic rings. The summed E-state index contributed by atoms with van der Waals surface area (Å²) in [5.74, 6) is -3.41. The quantitative estimate of drug-likeness (QED) is 0.638. The Kier molecular flexibility index (Phi) is 5.55. The van der Waals surface area contributed by atoms with Gasteiger partial charge in [0.15, 0.2) is 0 Å². The summed E-state index contributed by atoms with van der Waals surface area (Å²) in [6.07, 6.45) is 4.30. The molecule has 1 aromatic carbocycles. The van der Waals surface area contributed by atoms with Crippen LogP contribution in [0, 0.1) is 0 Å². The molecule has 0 aliphatic carbocycles. The Hall–Kier alpha value is -2.35. The molecule has 1 amide bonds. The topological polar surface area (TPSA) is 70.5 Å². The SMILES string of the molecule is C/N=C\c1ccc(N2CC(NC(=O)C(C)Cl)CC(F)(F)C2)c2nccnc12. The number of nitrogens with one attached hydrogen (secondary N) is 1. The molecule has 1 fully saturated rings. The summed E-state index contributed by atoms with van der Waals surface area (Å²) in [5.41, 5.74) is 2.41. The van der Waals surface area contributed by atoms with Gasteiger partial charge in [0.2, 0.25) is 5.91 Å². The highest BCUT2D eigenvalue weighted by molar-refractivity contribution is 6.30. The minimum Gasteiger partial charge on any atom is -0.362 e. The van der Waals surface area contributed by atoms with Crippen molar-refractivity contribution in [2.24, 2.45) is 4.99 Å². The normalized spacial score (nSPS) is 20.8. The third-order valence-corrected chi connectivity index (χ3v) is 4.56. The molecule has 0 radical (unpaired) electrons. The van der Waals surface area contributed by atoms with Crippen LogP contribution in [0.4, 0.5) is 14.5 Å². The first kappa shape index (κ1) is 19.4. The molecular formula is C18H20ClF2N5O. The average molecular weight is 396 g/mol. The van der Waals surface area contributed by atoms with Crippen LogP contribution < -0.4 is 10.2 Å². The second-order valence-corrected chi connectivity index (χ2v) is 7.23. The summed E-state index contributed by atoms with van der Waals surface area (Å²) >= 11 is 5.75. The van der Waals surface area contributed by atoms with Crippen molar-refractivity contribution in [2.75, 3.05) is 25.0 Å². The first-order valence-corrected chi connectivity index (χ1v) is 8.97. The molecule has 0 bridgehead atoms. The van der Waals surface area contributed by atoms with Crippen LogP contribution in [0.3, 0.4) is 0 Å². The number of rotatable bonds is 4. The van der Waals surface area contributed by atoms with Gasteiger partial charge in [0, 0.05) is 44.2 Å². The number of hydrogen-bond donors (Lipinski definition) is 1. The number of piperidine rings is 1. The van der Waals surface area contributed by atoms with E-state index < -0.39 is 36.2 Å². The van der Waals surface area contributed by atoms with Crippen LogP contribution in [-0.4, -0.2) is 59.6 Å². The number of amides is 1. The van der Waals surface area contributed by atoms with Gasteiger partial charge in [0.25, 0.3) is 5.92 Å². The highest BCUT2D eigenvalue weighted by Gasteiger charge is 2.41. The number of nitrogens with zero attached hydrogens (tertiary/aromatic N) is 4. The first-order chi connectivity index (χ1) is 12.8. The van der Waals surface area contributed by atoms with Crippen LogP contribution in [0.2, 0.25) is 0 Å². The predicted molar refractivity (Wildman–Crippen MR) is 102 cm³/mol. The molecule has 27 heavy (non-hydrogen) atoms. The minimum absolute atomic E-state index is 0.234. The lowest BCUT2D eigenvalue weighted by atomic mass is 10.00. The van der Waals surface area contributed by atoms with Gasteiger partial charge in [0.1, 0.15) is 10.9 Å². The standard InChI is InChI=1S/C18H20ClF2N5O/c1-11(19)17(27)25-13-7-18(20,21)10-26(9-13)14-4-3-12(8-22-2)15-16(14)24-6-5-23-15/h3-6,8,11,13H,7,9-10H2,1-2H3,(H,25,27)/b22-8-. The summed E-state index contributed by atoms with van der Waals surface area (Å²) in [6, 6.07) is 2.80. The van der Waals surface area contributed by atoms with E-state index in [0.717, 1.165) is 5.56 Å². The van der Waals surface area contributed by atoms with Gasteiger partial charge in [-0.05, 0) is 19.1 Å². The van der Waals surface area contributed by atoms with Gasteiger partial charge in [-0.25, -0.2) is 8.78 Å². The Morgan fingerprint density at radius 3 is 2.78 bits per heavy atom. The van der Waals surface area contributed by atoms with E-state index in [1.54, 1.807) is 31.6 Å². The smallest absolute Gasteiger partial charge is 0.267 e. The molecule has 1 aliphatic rings. The van der Waals surface area contributed by atoms with Crippen LogP contribution in [-0.2, 0) is 4.79 Å². The minimum atomic E-state index is -2.95. The van der Waals surface area contributed by atoms with Crippen LogP contribution in [0.5, 0.6) is 0 Å². The van der Waals surface area contributed by atoms with Gasteiger partial charge in [-0.2, -0.15) is 0 Å². The fourth-order valence-electron chi connectivity index (χ4n) is 3.26. The zero-order valence-electron chi connectivity index (χ0n) is 15.0. The number of carbonyl (C=O) groups excluding carboxylic acids is 1. The summed E-state index contributed by atoms with van der Waals surface area (Å²) in [6.45, 7) is 1.28. The Morgan fingerprint density at radius 2 is 2.11 bits per heavy atom. The van der Waals surface area contributed by atoms with E-state index in [9.17, 15) is 13.6 Å². The predicted octanol–water partition coefficient (Wildman–Crippen LogP) is 2.64. The third kappa shape index (κ3) is 4.32. The average Bonchev–Trinajstić information content (AvgIpc) is 2.60. The monoisotopic (exact) mass is 395 g/mol. The van der Waals surface area contributed by atoms with Crippen LogP contribution in [0.15, 0.2) is 29.5 Å². The van der Waals surface area contributed by atoms with Gasteiger partial charge in [0.05, 0.1) is 23.8 Å². The van der Waals surface area contributed by atoms with Crippen molar-refractivity contribution in [1.29, 1.82) is 0 Å². The number of hydrogen-bond acceptors (Lipinski definition) is 5. The van der Waals surface area contributed by atoms with Crippen molar-refractivity contribution < 1.29 is 13.6 Å². The summed E-state index contributed by atoms with van der Waals surface area (Å²) < 4.78 is 28.7. The molecule has 3 rings (SSSR count). The van der Waals surface area contributed by atoms with Gasteiger partial charge >= 0.3 is 0 Å². The lowest BCUT2D eigenvalue weighted by Gasteiger charge is -2.39. The molecule has 144 valence electrons. The largest absolute Gasteiger partial charge is 0.362 e. The molecular weight excluding hydrogens is 376 g/mol. The Bertz CT molecular complexity index is 874. The molecule has 2 heterocycles. The number of benzene rings is 1. The van der Waals surface area contributed by atoms with E-state index in [0.29, 0.717) is 16.7 Å². The molecule has 1 N–H and O–H groups in total. The Balaban J connectivity index is 1.97. The molecule has 2 atom stereocenters. The summed E-state index contributed by atoms with van der Waals surface area (Å²) in [5, 5.41) is 1.82. The maximum absolute atomic E-state index is 14.4. The third-order valence-electron chi connectivity index (χ3n) is 4.36. The van der Waals surface area contributed by atoms with Gasteiger partial charge in [-0.15, -0.1) is 11.6 Å². The fraction of sp³-hybridized carbons (Fsp3) is 0.444. The van der Waals surface area contributed by atoms with E-state index in [2.05, 4.69) is 20.3 Å². The molecule has 2 unspecified atom stereocenters. The van der Waals surface area contributed by atoms with Crippen molar-refractivity contribution in [2.45, 2.75) is 30.7 Å². The summed E-state index contributed by atoms with van der Waals surface area (Å²) in [4.78, 5) is 26.1. The highest BCUT2D eigenvalue weighted by atomic mass is 35.5. The molecule has 0 spiro atoms. The van der Waals surface area contributed by atoms with Crippen molar-refractivity contribution in [3.05, 3.63) is 30.1 Å². The molecule has 9 heteroatoms. The maximum atomic E-state index is 14.4. The molecule has 6 nitrogen and oxygen atoms in total. The number of anilines is 1. The van der Waals surface area contributed by atoms with Crippen molar-refractivity contribution >= 4 is 40.4 Å². The number of alkyl halides is 3. The molecule has 1 aromatic heterocycles. The van der Waals surface area contributed by atoms with Gasteiger partial charge in [-0.1, -0.05) is 0 Å². The van der Waals surface area contributed by atoms with Gasteiger partial charge < -0.3 is 10.2 Å². The number of carbonyl (C=O) groups is 1. The van der Waals surface area contributed by atoms with E-state index in [1.165, 1.54) is 18.0 Å². The van der Waals surface area contributed by atoms with E-state index >= 15 is 0 Å². The number of fused-ring (bicyclic) bond motifs is 1. The lowest BCUT2D eigenvalue weighted by Crippen LogP contribution is -2.56. The Labute approximate surface area is 160 Å².